The number of hydrogen-bond donors (Lipinski definition) is 2. The van der Waals surface area contributed by atoms with E-state index < -0.39 is 0 Å². The molecule has 12 heavy (non-hydrogen) atoms. The second kappa shape index (κ2) is 3.21. The van der Waals surface area contributed by atoms with Gasteiger partial charge in [-0.15, -0.1) is 0 Å². The molecule has 4 nitrogen and oxygen atoms in total. The van der Waals surface area contributed by atoms with Crippen LogP contribution in [0.3, 0.4) is 0 Å². The lowest BCUT2D eigenvalue weighted by atomic mass is 10.2. The molecule has 0 saturated heterocycles. The van der Waals surface area contributed by atoms with Crippen molar-refractivity contribution in [1.29, 1.82) is 5.41 Å². The fourth-order valence-corrected chi connectivity index (χ4v) is 0.971. The fraction of sp³-hybridized carbons (Fsp3) is 0.250. The van der Waals surface area contributed by atoms with Crippen LogP contribution < -0.4 is 11.2 Å². The average molecular weight is 165 g/mol. The van der Waals surface area contributed by atoms with Crippen LogP contribution in [0.1, 0.15) is 5.56 Å². The third kappa shape index (κ3) is 1.95. The Bertz CT molecular complexity index is 354. The number of carbonyl (C=O) groups excluding carboxylic acids is 1. The fourth-order valence-electron chi connectivity index (χ4n) is 0.971. The van der Waals surface area contributed by atoms with E-state index in [4.69, 9.17) is 11.1 Å². The summed E-state index contributed by atoms with van der Waals surface area (Å²) in [5, 5.41) is 7.35. The van der Waals surface area contributed by atoms with Gasteiger partial charge in [0, 0.05) is 13.2 Å². The van der Waals surface area contributed by atoms with Gasteiger partial charge < -0.3 is 10.3 Å². The lowest BCUT2D eigenvalue weighted by molar-refractivity contribution is -0.117. The molecule has 3 N–H and O–H groups in total. The van der Waals surface area contributed by atoms with Gasteiger partial charge in [0.2, 0.25) is 5.91 Å². The predicted octanol–water partition coefficient (Wildman–Crippen LogP) is -0.468. The summed E-state index contributed by atoms with van der Waals surface area (Å²) in [4.78, 5) is 10.5. The Labute approximate surface area is 70.1 Å². The maximum Gasteiger partial charge on any atom is 0.221 e. The SMILES string of the molecule is Cn1cc(CC(N)=O)ccc1=N. The quantitative estimate of drug-likeness (QED) is 0.611. The molecule has 1 amide bonds. The largest absolute Gasteiger partial charge is 0.369 e. The van der Waals surface area contributed by atoms with Crippen LogP contribution in [0.15, 0.2) is 18.3 Å². The zero-order valence-electron chi connectivity index (χ0n) is 6.87. The number of nitrogens with zero attached hydrogens (tertiary/aromatic N) is 1. The molecule has 0 bridgehead atoms. The molecular weight excluding hydrogens is 154 g/mol. The van der Waals surface area contributed by atoms with Crippen LogP contribution in [-0.2, 0) is 18.3 Å². The highest BCUT2D eigenvalue weighted by Gasteiger charge is 1.97. The highest BCUT2D eigenvalue weighted by Crippen LogP contribution is 1.94. The number of carbonyl (C=O) groups is 1. The normalized spacial score (nSPS) is 9.75. The van der Waals surface area contributed by atoms with Gasteiger partial charge in [-0.3, -0.25) is 10.2 Å². The molecule has 64 valence electrons. The summed E-state index contributed by atoms with van der Waals surface area (Å²) in [6.07, 6.45) is 1.96. The number of amides is 1. The van der Waals surface area contributed by atoms with Crippen molar-refractivity contribution >= 4 is 5.91 Å². The first kappa shape index (κ1) is 8.52. The minimum atomic E-state index is -0.354. The van der Waals surface area contributed by atoms with E-state index in [0.29, 0.717) is 5.49 Å². The highest BCUT2D eigenvalue weighted by atomic mass is 16.1. The van der Waals surface area contributed by atoms with Crippen LogP contribution >= 0.6 is 0 Å². The topological polar surface area (TPSA) is 71.9 Å². The van der Waals surface area contributed by atoms with Crippen molar-refractivity contribution in [3.63, 3.8) is 0 Å². The third-order valence-electron chi connectivity index (χ3n) is 1.57. The summed E-state index contributed by atoms with van der Waals surface area (Å²) in [7, 11) is 1.76. The van der Waals surface area contributed by atoms with Gasteiger partial charge in [-0.05, 0) is 11.6 Å². The molecule has 1 aromatic heterocycles. The minimum absolute atomic E-state index is 0.230. The van der Waals surface area contributed by atoms with E-state index in [0.717, 1.165) is 5.56 Å². The van der Waals surface area contributed by atoms with Crippen LogP contribution in [-0.4, -0.2) is 10.5 Å². The van der Waals surface area contributed by atoms with Crippen LogP contribution in [0.4, 0.5) is 0 Å². The van der Waals surface area contributed by atoms with Crippen LogP contribution in [0.2, 0.25) is 0 Å². The van der Waals surface area contributed by atoms with Gasteiger partial charge >= 0.3 is 0 Å². The smallest absolute Gasteiger partial charge is 0.221 e. The van der Waals surface area contributed by atoms with E-state index in [9.17, 15) is 4.79 Å². The summed E-state index contributed by atoms with van der Waals surface area (Å²) in [6.45, 7) is 0. The monoisotopic (exact) mass is 165 g/mol. The molecule has 0 aliphatic carbocycles. The molecule has 1 aromatic rings. The van der Waals surface area contributed by atoms with E-state index in [2.05, 4.69) is 0 Å². The first-order valence-electron chi connectivity index (χ1n) is 3.58. The van der Waals surface area contributed by atoms with Crippen molar-refractivity contribution in [1.82, 2.24) is 4.57 Å². The Morgan fingerprint density at radius 1 is 1.67 bits per heavy atom. The first-order chi connectivity index (χ1) is 5.59. The molecule has 1 heterocycles. The van der Waals surface area contributed by atoms with Crippen molar-refractivity contribution in [2.24, 2.45) is 12.8 Å². The Morgan fingerprint density at radius 3 is 2.83 bits per heavy atom. The van der Waals surface area contributed by atoms with Crippen molar-refractivity contribution in [2.75, 3.05) is 0 Å². The van der Waals surface area contributed by atoms with Gasteiger partial charge in [0.25, 0.3) is 0 Å². The number of aryl methyl sites for hydroxylation is 1. The number of hydrogen-bond acceptors (Lipinski definition) is 2. The molecule has 0 spiro atoms. The number of nitrogens with one attached hydrogen (secondary N) is 1. The van der Waals surface area contributed by atoms with Crippen LogP contribution in [0, 0.1) is 5.41 Å². The number of nitrogens with two attached hydrogens (primary N) is 1. The van der Waals surface area contributed by atoms with Gasteiger partial charge in [-0.1, -0.05) is 6.07 Å². The van der Waals surface area contributed by atoms with Crippen molar-refractivity contribution in [2.45, 2.75) is 6.42 Å². The summed E-state index contributed by atoms with van der Waals surface area (Å²) in [6, 6.07) is 3.37. The molecule has 0 fully saturated rings. The molecule has 1 rings (SSSR count). The molecule has 0 aliphatic rings. The van der Waals surface area contributed by atoms with Gasteiger partial charge in [-0.25, -0.2) is 0 Å². The minimum Gasteiger partial charge on any atom is -0.369 e. The summed E-state index contributed by atoms with van der Waals surface area (Å²) < 4.78 is 1.64. The molecule has 0 aromatic carbocycles. The lowest BCUT2D eigenvalue weighted by Crippen LogP contribution is -2.18. The van der Waals surface area contributed by atoms with E-state index >= 15 is 0 Å². The second-order valence-corrected chi connectivity index (χ2v) is 2.68. The maximum atomic E-state index is 10.5. The summed E-state index contributed by atoms with van der Waals surface area (Å²) in [5.74, 6) is -0.354. The molecule has 4 heteroatoms. The van der Waals surface area contributed by atoms with Gasteiger partial charge in [0.15, 0.2) is 0 Å². The molecule has 0 aliphatic heterocycles. The van der Waals surface area contributed by atoms with Crippen LogP contribution in [0.25, 0.3) is 0 Å². The lowest BCUT2D eigenvalue weighted by Gasteiger charge is -2.01. The molecule has 0 atom stereocenters. The predicted molar refractivity (Wildman–Crippen MR) is 44.2 cm³/mol. The first-order valence-corrected chi connectivity index (χ1v) is 3.58. The van der Waals surface area contributed by atoms with Gasteiger partial charge in [0.05, 0.1) is 6.42 Å². The number of aromatic nitrogens is 1. The van der Waals surface area contributed by atoms with Gasteiger partial charge in [0.1, 0.15) is 5.49 Å². The maximum absolute atomic E-state index is 10.5. The second-order valence-electron chi connectivity index (χ2n) is 2.68. The molecule has 0 radical (unpaired) electrons. The number of pyridine rings is 1. The van der Waals surface area contributed by atoms with E-state index in [1.807, 2.05) is 0 Å². The van der Waals surface area contributed by atoms with Crippen molar-refractivity contribution in [3.05, 3.63) is 29.4 Å². The van der Waals surface area contributed by atoms with Gasteiger partial charge in [-0.2, -0.15) is 0 Å². The van der Waals surface area contributed by atoms with Crippen molar-refractivity contribution < 1.29 is 4.79 Å². The molecular formula is C8H11N3O. The summed E-state index contributed by atoms with van der Waals surface area (Å²) in [5.41, 5.74) is 6.26. The Balaban J connectivity index is 2.97. The highest BCUT2D eigenvalue weighted by molar-refractivity contribution is 5.76. The Kier molecular flexibility index (Phi) is 2.28. The van der Waals surface area contributed by atoms with E-state index in [1.54, 1.807) is 29.9 Å². The Hall–Kier alpha value is -1.58. The summed E-state index contributed by atoms with van der Waals surface area (Å²) >= 11 is 0. The zero-order chi connectivity index (χ0) is 9.14. The zero-order valence-corrected chi connectivity index (χ0v) is 6.87. The van der Waals surface area contributed by atoms with E-state index in [1.165, 1.54) is 0 Å². The number of rotatable bonds is 2. The van der Waals surface area contributed by atoms with E-state index in [-0.39, 0.29) is 12.3 Å². The van der Waals surface area contributed by atoms with Crippen LogP contribution in [0.5, 0.6) is 0 Å². The average Bonchev–Trinajstić information content (AvgIpc) is 1.96. The van der Waals surface area contributed by atoms with Crippen molar-refractivity contribution in [3.8, 4) is 0 Å². The third-order valence-corrected chi connectivity index (χ3v) is 1.57. The molecule has 0 unspecified atom stereocenters. The Morgan fingerprint density at radius 2 is 2.33 bits per heavy atom. The number of primary amides is 1. The standard InChI is InChI=1S/C8H11N3O/c1-11-5-6(4-8(10)12)2-3-7(11)9/h2-3,5,9H,4H2,1H3,(H2,10,12). The molecule has 0 saturated carbocycles.